The van der Waals surface area contributed by atoms with E-state index < -0.39 is 0 Å². The minimum Gasteiger partial charge on any atom is -0.468 e. The van der Waals surface area contributed by atoms with Gasteiger partial charge in [-0.25, -0.2) is 4.79 Å². The van der Waals surface area contributed by atoms with Crippen molar-refractivity contribution in [2.24, 2.45) is 0 Å². The number of furan rings is 1. The van der Waals surface area contributed by atoms with Crippen LogP contribution in [0.3, 0.4) is 0 Å². The zero-order chi connectivity index (χ0) is 11.4. The number of hydrogen-bond donors (Lipinski definition) is 0. The molecule has 0 unspecified atom stereocenters. The highest BCUT2D eigenvalue weighted by atomic mass is 32.2. The molecule has 0 amide bonds. The van der Waals surface area contributed by atoms with E-state index in [1.54, 1.807) is 29.2 Å². The number of esters is 1. The third-order valence-corrected chi connectivity index (χ3v) is 4.12. The number of carbonyl (C=O) groups excluding carboxylic acids is 1. The van der Waals surface area contributed by atoms with Gasteiger partial charge in [-0.05, 0) is 17.5 Å². The molecule has 2 aromatic rings. The molecule has 0 aliphatic heterocycles. The van der Waals surface area contributed by atoms with Gasteiger partial charge in [0.15, 0.2) is 0 Å². The lowest BCUT2D eigenvalue weighted by Crippen LogP contribution is -2.02. The quantitative estimate of drug-likeness (QED) is 0.619. The number of rotatable bonds is 4. The zero-order valence-electron chi connectivity index (χ0n) is 8.64. The van der Waals surface area contributed by atoms with Crippen molar-refractivity contribution in [2.45, 2.75) is 9.96 Å². The molecule has 0 spiro atoms. The second-order valence-corrected chi connectivity index (χ2v) is 5.19. The van der Waals surface area contributed by atoms with E-state index in [-0.39, 0.29) is 5.97 Å². The Balaban J connectivity index is 2.04. The Bertz CT molecular complexity index is 459. The van der Waals surface area contributed by atoms with Crippen molar-refractivity contribution in [3.05, 3.63) is 41.2 Å². The van der Waals surface area contributed by atoms with Gasteiger partial charge in [-0.3, -0.25) is 0 Å². The summed E-state index contributed by atoms with van der Waals surface area (Å²) < 4.78 is 11.1. The highest BCUT2D eigenvalue weighted by Gasteiger charge is 2.14. The summed E-state index contributed by atoms with van der Waals surface area (Å²) in [5.74, 6) is 0.943. The Morgan fingerprint density at radius 3 is 3.12 bits per heavy atom. The summed E-state index contributed by atoms with van der Waals surface area (Å²) >= 11 is 3.31. The Hall–Kier alpha value is -1.20. The molecule has 2 aromatic heterocycles. The van der Waals surface area contributed by atoms with Crippen LogP contribution in [0.25, 0.3) is 0 Å². The second kappa shape index (κ2) is 5.23. The lowest BCUT2D eigenvalue weighted by molar-refractivity contribution is 0.0598. The van der Waals surface area contributed by atoms with Gasteiger partial charge in [-0.1, -0.05) is 6.07 Å². The van der Waals surface area contributed by atoms with E-state index in [9.17, 15) is 4.79 Å². The average Bonchev–Trinajstić information content (AvgIpc) is 2.96. The first-order valence-corrected chi connectivity index (χ1v) is 6.49. The molecule has 2 heterocycles. The summed E-state index contributed by atoms with van der Waals surface area (Å²) in [6.07, 6.45) is 1.51. The molecule has 16 heavy (non-hydrogen) atoms. The van der Waals surface area contributed by atoms with E-state index in [0.29, 0.717) is 17.1 Å². The number of hydrogen-bond acceptors (Lipinski definition) is 5. The highest BCUT2D eigenvalue weighted by Crippen LogP contribution is 2.28. The minimum atomic E-state index is -0.351. The molecule has 0 aromatic carbocycles. The van der Waals surface area contributed by atoms with Crippen molar-refractivity contribution in [1.82, 2.24) is 0 Å². The first-order valence-electron chi connectivity index (χ1n) is 4.62. The van der Waals surface area contributed by atoms with Crippen molar-refractivity contribution >= 4 is 29.1 Å². The zero-order valence-corrected chi connectivity index (χ0v) is 10.3. The molecule has 5 heteroatoms. The normalized spacial score (nSPS) is 10.3. The first kappa shape index (κ1) is 11.3. The van der Waals surface area contributed by atoms with Crippen LogP contribution in [0.15, 0.2) is 38.5 Å². The van der Waals surface area contributed by atoms with Gasteiger partial charge in [-0.15, -0.1) is 23.1 Å². The van der Waals surface area contributed by atoms with Gasteiger partial charge in [0.05, 0.1) is 23.3 Å². The van der Waals surface area contributed by atoms with Crippen molar-refractivity contribution < 1.29 is 13.9 Å². The fraction of sp³-hybridized carbons (Fsp3) is 0.182. The van der Waals surface area contributed by atoms with E-state index in [2.05, 4.69) is 4.74 Å². The predicted molar refractivity (Wildman–Crippen MR) is 63.9 cm³/mol. The Morgan fingerprint density at radius 2 is 2.44 bits per heavy atom. The minimum absolute atomic E-state index is 0.351. The van der Waals surface area contributed by atoms with Crippen LogP contribution in [0.5, 0.6) is 0 Å². The van der Waals surface area contributed by atoms with E-state index in [4.69, 9.17) is 4.42 Å². The fourth-order valence-electron chi connectivity index (χ4n) is 1.23. The van der Waals surface area contributed by atoms with E-state index in [1.165, 1.54) is 17.6 Å². The molecule has 0 saturated carbocycles. The number of thiophene rings is 1. The van der Waals surface area contributed by atoms with Crippen LogP contribution in [0.1, 0.15) is 16.1 Å². The smallest absolute Gasteiger partial charge is 0.341 e. The molecular weight excluding hydrogens is 244 g/mol. The summed E-state index contributed by atoms with van der Waals surface area (Å²) in [5.41, 5.74) is 0.506. The Morgan fingerprint density at radius 1 is 1.56 bits per heavy atom. The maximum absolute atomic E-state index is 11.4. The first-order chi connectivity index (χ1) is 7.81. The van der Waals surface area contributed by atoms with Crippen molar-refractivity contribution in [1.29, 1.82) is 0 Å². The summed E-state index contributed by atoms with van der Waals surface area (Å²) in [5, 5.41) is 2.02. The average molecular weight is 254 g/mol. The second-order valence-electron chi connectivity index (χ2n) is 2.97. The van der Waals surface area contributed by atoms with Gasteiger partial charge in [0.1, 0.15) is 11.3 Å². The molecule has 0 N–H and O–H groups in total. The number of methoxy groups -OCH3 is 1. The van der Waals surface area contributed by atoms with Crippen molar-refractivity contribution in [3.63, 3.8) is 0 Å². The summed E-state index contributed by atoms with van der Waals surface area (Å²) in [6, 6.07) is 5.67. The molecule has 0 bridgehead atoms. The largest absolute Gasteiger partial charge is 0.468 e. The van der Waals surface area contributed by atoms with E-state index in [1.807, 2.05) is 17.5 Å². The van der Waals surface area contributed by atoms with E-state index >= 15 is 0 Å². The van der Waals surface area contributed by atoms with Gasteiger partial charge in [-0.2, -0.15) is 0 Å². The molecule has 3 nitrogen and oxygen atoms in total. The van der Waals surface area contributed by atoms with Crippen LogP contribution < -0.4 is 0 Å². The van der Waals surface area contributed by atoms with Gasteiger partial charge in [0.25, 0.3) is 0 Å². The van der Waals surface area contributed by atoms with Gasteiger partial charge >= 0.3 is 5.97 Å². The molecule has 0 saturated heterocycles. The molecule has 0 radical (unpaired) electrons. The number of carbonyl (C=O) groups is 1. The third-order valence-electron chi connectivity index (χ3n) is 1.99. The van der Waals surface area contributed by atoms with Crippen molar-refractivity contribution in [3.8, 4) is 0 Å². The molecule has 2 rings (SSSR count). The summed E-state index contributed by atoms with van der Waals surface area (Å²) in [6.45, 7) is 0. The van der Waals surface area contributed by atoms with Gasteiger partial charge in [0.2, 0.25) is 0 Å². The molecule has 0 atom stereocenters. The van der Waals surface area contributed by atoms with Crippen LogP contribution >= 0.6 is 23.1 Å². The van der Waals surface area contributed by atoms with Gasteiger partial charge < -0.3 is 9.15 Å². The number of thioether (sulfide) groups is 1. The lowest BCUT2D eigenvalue weighted by atomic mass is 10.3. The van der Waals surface area contributed by atoms with Gasteiger partial charge in [0, 0.05) is 0 Å². The van der Waals surface area contributed by atoms with Crippen LogP contribution in [0.4, 0.5) is 0 Å². The maximum Gasteiger partial charge on any atom is 0.341 e. The molecule has 0 aliphatic rings. The predicted octanol–water partition coefficient (Wildman–Crippen LogP) is 3.42. The molecule has 84 valence electrons. The summed E-state index contributed by atoms with van der Waals surface area (Å²) in [7, 11) is 1.37. The monoisotopic (exact) mass is 254 g/mol. The standard InChI is InChI=1S/C11H10O3S2/c1-13-11(12)8-4-5-14-9(8)7-16-10-3-2-6-15-10/h2-6H,7H2,1H3. The lowest BCUT2D eigenvalue weighted by Gasteiger charge is -1.99. The highest BCUT2D eigenvalue weighted by molar-refractivity contribution is 8.00. The maximum atomic E-state index is 11.4. The van der Waals surface area contributed by atoms with Crippen LogP contribution in [0, 0.1) is 0 Å². The topological polar surface area (TPSA) is 39.4 Å². The Kier molecular flexibility index (Phi) is 3.69. The Labute approximate surface area is 101 Å². The molecule has 0 aliphatic carbocycles. The number of ether oxygens (including phenoxy) is 1. The van der Waals surface area contributed by atoms with Crippen LogP contribution in [-0.2, 0) is 10.5 Å². The fourth-order valence-corrected chi connectivity index (χ4v) is 2.96. The van der Waals surface area contributed by atoms with E-state index in [0.717, 1.165) is 0 Å². The van der Waals surface area contributed by atoms with Crippen LogP contribution in [-0.4, -0.2) is 13.1 Å². The van der Waals surface area contributed by atoms with Crippen LogP contribution in [0.2, 0.25) is 0 Å². The molecule has 0 fully saturated rings. The molecular formula is C11H10O3S2. The summed E-state index contributed by atoms with van der Waals surface area (Å²) in [4.78, 5) is 11.4. The van der Waals surface area contributed by atoms with Crippen molar-refractivity contribution in [2.75, 3.05) is 7.11 Å². The SMILES string of the molecule is COC(=O)c1ccoc1CSc1cccs1. The third kappa shape index (κ3) is 2.48.